The Labute approximate surface area is 127 Å². The van der Waals surface area contributed by atoms with Gasteiger partial charge in [0.25, 0.3) is 0 Å². The standard InChI is InChI=1S/C15H28N6/c1-16-15(18-13-14-7-8-19-20(14)2)17-9-12-21-10-5-3-4-6-11-21/h7-8H,3-6,9-13H2,1-2H3,(H2,16,17,18). The number of likely N-dealkylation sites (tertiary alicyclic amines) is 1. The van der Waals surface area contributed by atoms with Crippen molar-refractivity contribution in [3.05, 3.63) is 18.0 Å². The van der Waals surface area contributed by atoms with Gasteiger partial charge in [-0.1, -0.05) is 12.8 Å². The highest BCUT2D eigenvalue weighted by Crippen LogP contribution is 2.08. The molecule has 0 saturated carbocycles. The van der Waals surface area contributed by atoms with E-state index in [1.54, 1.807) is 0 Å². The van der Waals surface area contributed by atoms with Crippen LogP contribution >= 0.6 is 0 Å². The van der Waals surface area contributed by atoms with Gasteiger partial charge in [-0.2, -0.15) is 5.10 Å². The summed E-state index contributed by atoms with van der Waals surface area (Å²) in [6.45, 7) is 5.24. The highest BCUT2D eigenvalue weighted by atomic mass is 15.3. The van der Waals surface area contributed by atoms with E-state index in [0.717, 1.165) is 31.3 Å². The molecule has 118 valence electrons. The van der Waals surface area contributed by atoms with Gasteiger partial charge in [-0.25, -0.2) is 0 Å². The van der Waals surface area contributed by atoms with E-state index < -0.39 is 0 Å². The van der Waals surface area contributed by atoms with Crippen LogP contribution in [-0.4, -0.2) is 53.9 Å². The first-order valence-corrected chi connectivity index (χ1v) is 7.93. The van der Waals surface area contributed by atoms with Gasteiger partial charge in [-0.15, -0.1) is 0 Å². The van der Waals surface area contributed by atoms with E-state index in [0.29, 0.717) is 0 Å². The number of aryl methyl sites for hydroxylation is 1. The van der Waals surface area contributed by atoms with Crippen LogP contribution in [0.25, 0.3) is 0 Å². The minimum atomic E-state index is 0.736. The van der Waals surface area contributed by atoms with E-state index in [9.17, 15) is 0 Å². The van der Waals surface area contributed by atoms with Crippen LogP contribution in [0.1, 0.15) is 31.4 Å². The number of nitrogens with one attached hydrogen (secondary N) is 2. The summed E-state index contributed by atoms with van der Waals surface area (Å²) in [5.41, 5.74) is 1.14. The molecule has 1 aliphatic heterocycles. The summed E-state index contributed by atoms with van der Waals surface area (Å²) in [6.07, 6.45) is 7.27. The second-order valence-corrected chi connectivity index (χ2v) is 5.55. The Morgan fingerprint density at radius 3 is 2.62 bits per heavy atom. The van der Waals surface area contributed by atoms with E-state index >= 15 is 0 Å². The molecule has 2 heterocycles. The van der Waals surface area contributed by atoms with Gasteiger partial charge in [0.2, 0.25) is 0 Å². The molecule has 0 spiro atoms. The predicted octanol–water partition coefficient (Wildman–Crippen LogP) is 0.961. The highest BCUT2D eigenvalue weighted by Gasteiger charge is 2.08. The summed E-state index contributed by atoms with van der Waals surface area (Å²) in [5, 5.41) is 10.9. The van der Waals surface area contributed by atoms with Crippen LogP contribution in [0, 0.1) is 0 Å². The average molecular weight is 292 g/mol. The summed E-state index contributed by atoms with van der Waals surface area (Å²) in [6, 6.07) is 2.01. The smallest absolute Gasteiger partial charge is 0.191 e. The number of hydrogen-bond acceptors (Lipinski definition) is 3. The lowest BCUT2D eigenvalue weighted by atomic mass is 10.2. The van der Waals surface area contributed by atoms with Crippen molar-refractivity contribution >= 4 is 5.96 Å². The number of rotatable bonds is 5. The van der Waals surface area contributed by atoms with Crippen LogP contribution in [0.2, 0.25) is 0 Å². The Morgan fingerprint density at radius 1 is 1.24 bits per heavy atom. The molecule has 0 aliphatic carbocycles. The SMILES string of the molecule is CN=C(NCCN1CCCCCC1)NCc1ccnn1C. The Morgan fingerprint density at radius 2 is 2.00 bits per heavy atom. The van der Waals surface area contributed by atoms with Gasteiger partial charge in [0.15, 0.2) is 5.96 Å². The molecule has 2 rings (SSSR count). The number of nitrogens with zero attached hydrogens (tertiary/aromatic N) is 4. The first kappa shape index (κ1) is 15.8. The zero-order valence-electron chi connectivity index (χ0n) is 13.3. The van der Waals surface area contributed by atoms with Gasteiger partial charge in [-0.3, -0.25) is 9.67 Å². The van der Waals surface area contributed by atoms with Crippen LogP contribution in [0.4, 0.5) is 0 Å². The van der Waals surface area contributed by atoms with E-state index in [1.807, 2.05) is 31.0 Å². The number of guanidine groups is 1. The molecule has 0 bridgehead atoms. The van der Waals surface area contributed by atoms with Crippen molar-refractivity contribution in [2.75, 3.05) is 33.2 Å². The quantitative estimate of drug-likeness (QED) is 0.627. The molecule has 1 saturated heterocycles. The normalized spacial score (nSPS) is 17.5. The monoisotopic (exact) mass is 292 g/mol. The van der Waals surface area contributed by atoms with Crippen molar-refractivity contribution in [1.82, 2.24) is 25.3 Å². The molecule has 2 N–H and O–H groups in total. The Kier molecular flexibility index (Phi) is 6.53. The summed E-state index contributed by atoms with van der Waals surface area (Å²) < 4.78 is 1.87. The number of aromatic nitrogens is 2. The van der Waals surface area contributed by atoms with E-state index in [-0.39, 0.29) is 0 Å². The molecule has 1 aliphatic rings. The molecule has 0 radical (unpaired) electrons. The molecule has 6 nitrogen and oxygen atoms in total. The summed E-state index contributed by atoms with van der Waals surface area (Å²) in [5.74, 6) is 0.853. The summed E-state index contributed by atoms with van der Waals surface area (Å²) in [7, 11) is 3.76. The fraction of sp³-hybridized carbons (Fsp3) is 0.733. The first-order chi connectivity index (χ1) is 10.3. The molecule has 0 unspecified atom stereocenters. The maximum absolute atomic E-state index is 4.26. The Bertz CT molecular complexity index is 431. The zero-order chi connectivity index (χ0) is 14.9. The average Bonchev–Trinajstić information content (AvgIpc) is 2.75. The lowest BCUT2D eigenvalue weighted by Crippen LogP contribution is -2.41. The largest absolute Gasteiger partial charge is 0.355 e. The Hall–Kier alpha value is -1.56. The van der Waals surface area contributed by atoms with Gasteiger partial charge in [0.05, 0.1) is 12.2 Å². The van der Waals surface area contributed by atoms with Gasteiger partial charge in [0, 0.05) is 33.4 Å². The van der Waals surface area contributed by atoms with Crippen molar-refractivity contribution in [1.29, 1.82) is 0 Å². The van der Waals surface area contributed by atoms with E-state index in [1.165, 1.54) is 38.8 Å². The van der Waals surface area contributed by atoms with Crippen LogP contribution in [-0.2, 0) is 13.6 Å². The summed E-state index contributed by atoms with van der Waals surface area (Å²) >= 11 is 0. The van der Waals surface area contributed by atoms with Gasteiger partial charge < -0.3 is 15.5 Å². The fourth-order valence-corrected chi connectivity index (χ4v) is 2.66. The molecule has 1 aromatic heterocycles. The van der Waals surface area contributed by atoms with Crippen LogP contribution in [0.5, 0.6) is 0 Å². The molecular weight excluding hydrogens is 264 g/mol. The molecular formula is C15H28N6. The third-order valence-corrected chi connectivity index (χ3v) is 4.00. The molecule has 0 atom stereocenters. The second-order valence-electron chi connectivity index (χ2n) is 5.55. The molecule has 0 aromatic carbocycles. The molecule has 1 fully saturated rings. The van der Waals surface area contributed by atoms with Crippen molar-refractivity contribution in [2.45, 2.75) is 32.2 Å². The highest BCUT2D eigenvalue weighted by molar-refractivity contribution is 5.79. The molecule has 0 amide bonds. The van der Waals surface area contributed by atoms with Crippen molar-refractivity contribution in [2.24, 2.45) is 12.0 Å². The van der Waals surface area contributed by atoms with Crippen LogP contribution in [0.3, 0.4) is 0 Å². The second kappa shape index (κ2) is 8.67. The van der Waals surface area contributed by atoms with Crippen molar-refractivity contribution in [3.63, 3.8) is 0 Å². The zero-order valence-corrected chi connectivity index (χ0v) is 13.3. The predicted molar refractivity (Wildman–Crippen MR) is 86.3 cm³/mol. The minimum absolute atomic E-state index is 0.736. The molecule has 6 heteroatoms. The van der Waals surface area contributed by atoms with Gasteiger partial charge >= 0.3 is 0 Å². The van der Waals surface area contributed by atoms with Crippen LogP contribution < -0.4 is 10.6 Å². The third-order valence-electron chi connectivity index (χ3n) is 4.00. The maximum atomic E-state index is 4.26. The van der Waals surface area contributed by atoms with Crippen molar-refractivity contribution in [3.8, 4) is 0 Å². The van der Waals surface area contributed by atoms with E-state index in [2.05, 4.69) is 25.6 Å². The lowest BCUT2D eigenvalue weighted by Gasteiger charge is -2.20. The molecule has 1 aromatic rings. The third kappa shape index (κ3) is 5.38. The van der Waals surface area contributed by atoms with Crippen molar-refractivity contribution < 1.29 is 0 Å². The Balaban J connectivity index is 1.66. The maximum Gasteiger partial charge on any atom is 0.191 e. The topological polar surface area (TPSA) is 57.5 Å². The summed E-state index contributed by atoms with van der Waals surface area (Å²) in [4.78, 5) is 6.81. The van der Waals surface area contributed by atoms with Gasteiger partial charge in [-0.05, 0) is 32.0 Å². The fourth-order valence-electron chi connectivity index (χ4n) is 2.66. The van der Waals surface area contributed by atoms with Crippen LogP contribution in [0.15, 0.2) is 17.3 Å². The minimum Gasteiger partial charge on any atom is -0.355 e. The number of aliphatic imine (C=N–C) groups is 1. The molecule has 21 heavy (non-hydrogen) atoms. The van der Waals surface area contributed by atoms with Gasteiger partial charge in [0.1, 0.15) is 0 Å². The first-order valence-electron chi connectivity index (χ1n) is 7.93. The van der Waals surface area contributed by atoms with E-state index in [4.69, 9.17) is 0 Å². The lowest BCUT2D eigenvalue weighted by molar-refractivity contribution is 0.289. The number of hydrogen-bond donors (Lipinski definition) is 2.